The minimum Gasteiger partial charge on any atom is -0.384 e. The molecule has 0 fully saturated rings. The van der Waals surface area contributed by atoms with Crippen molar-refractivity contribution in [1.29, 1.82) is 0 Å². The Balaban J connectivity index is 2.53. The quantitative estimate of drug-likeness (QED) is 0.699. The highest BCUT2D eigenvalue weighted by atomic mass is 16.3. The van der Waals surface area contributed by atoms with Crippen LogP contribution in [0.5, 0.6) is 0 Å². The topological polar surface area (TPSA) is 20.2 Å². The lowest BCUT2D eigenvalue weighted by Gasteiger charge is -2.04. The van der Waals surface area contributed by atoms with Crippen molar-refractivity contribution < 1.29 is 5.11 Å². The van der Waals surface area contributed by atoms with E-state index in [0.717, 1.165) is 18.4 Å². The number of aliphatic hydroxyl groups excluding tert-OH is 1. The van der Waals surface area contributed by atoms with E-state index < -0.39 is 6.10 Å². The van der Waals surface area contributed by atoms with Crippen LogP contribution in [0.4, 0.5) is 0 Å². The predicted octanol–water partition coefficient (Wildman–Crippen LogP) is 3.08. The van der Waals surface area contributed by atoms with Crippen LogP contribution in [0, 0.1) is 0 Å². The Hall–Kier alpha value is -1.08. The second-order valence-corrected chi connectivity index (χ2v) is 3.07. The number of hydrogen-bond acceptors (Lipinski definition) is 1. The first kappa shape index (κ1) is 10.0. The fourth-order valence-electron chi connectivity index (χ4n) is 1.15. The minimum absolute atomic E-state index is 0.451. The van der Waals surface area contributed by atoms with Crippen LogP contribution in [0.3, 0.4) is 0 Å². The largest absolute Gasteiger partial charge is 0.384 e. The Bertz CT molecular complexity index is 251. The molecule has 0 heterocycles. The molecule has 0 bridgehead atoms. The van der Waals surface area contributed by atoms with Gasteiger partial charge in [-0.25, -0.2) is 0 Å². The average molecular weight is 176 g/mol. The van der Waals surface area contributed by atoms with Gasteiger partial charge in [0.1, 0.15) is 0 Å². The van der Waals surface area contributed by atoms with Gasteiger partial charge in [-0.05, 0) is 12.0 Å². The Morgan fingerprint density at radius 1 is 1.31 bits per heavy atom. The van der Waals surface area contributed by atoms with Gasteiger partial charge in [0.05, 0.1) is 6.10 Å². The summed E-state index contributed by atoms with van der Waals surface area (Å²) >= 11 is 0. The van der Waals surface area contributed by atoms with Crippen molar-refractivity contribution in [3.63, 3.8) is 0 Å². The van der Waals surface area contributed by atoms with Gasteiger partial charge in [0.15, 0.2) is 0 Å². The van der Waals surface area contributed by atoms with Gasteiger partial charge in [0.25, 0.3) is 0 Å². The lowest BCUT2D eigenvalue weighted by molar-refractivity contribution is 0.228. The molecule has 13 heavy (non-hydrogen) atoms. The van der Waals surface area contributed by atoms with E-state index in [9.17, 15) is 5.11 Å². The second kappa shape index (κ2) is 5.55. The third kappa shape index (κ3) is 3.43. The van der Waals surface area contributed by atoms with Crippen LogP contribution < -0.4 is 0 Å². The Morgan fingerprint density at radius 2 is 2.00 bits per heavy atom. The van der Waals surface area contributed by atoms with Gasteiger partial charge in [-0.2, -0.15) is 0 Å². The summed E-state index contributed by atoms with van der Waals surface area (Å²) < 4.78 is 0. The molecule has 0 amide bonds. The van der Waals surface area contributed by atoms with E-state index in [1.54, 1.807) is 0 Å². The first-order valence-electron chi connectivity index (χ1n) is 4.74. The Morgan fingerprint density at radius 3 is 2.62 bits per heavy atom. The van der Waals surface area contributed by atoms with Crippen LogP contribution in [0.25, 0.3) is 0 Å². The molecule has 1 nitrogen and oxygen atoms in total. The van der Waals surface area contributed by atoms with Gasteiger partial charge in [-0.1, -0.05) is 55.8 Å². The van der Waals surface area contributed by atoms with Crippen LogP contribution in [-0.2, 0) is 0 Å². The molecular formula is C12H16O. The molecule has 0 saturated carbocycles. The number of aliphatic hydroxyl groups is 1. The van der Waals surface area contributed by atoms with E-state index in [-0.39, 0.29) is 0 Å². The molecule has 1 aromatic carbocycles. The maximum Gasteiger partial charge on any atom is 0.0971 e. The maximum absolute atomic E-state index is 9.66. The molecule has 1 atom stereocenters. The standard InChI is InChI=1S/C12H16O/c1-2-3-5-10-12(13)11-8-6-4-7-9-11/h4-10,12-13H,2-3H2,1H3/b10-5+. The predicted molar refractivity (Wildman–Crippen MR) is 55.4 cm³/mol. The molecule has 1 aromatic rings. The molecule has 0 aliphatic rings. The van der Waals surface area contributed by atoms with Gasteiger partial charge < -0.3 is 5.11 Å². The van der Waals surface area contributed by atoms with Crippen LogP contribution in [-0.4, -0.2) is 5.11 Å². The summed E-state index contributed by atoms with van der Waals surface area (Å²) in [4.78, 5) is 0. The van der Waals surface area contributed by atoms with E-state index in [1.807, 2.05) is 42.5 Å². The SMILES string of the molecule is CCC/C=C/C(O)c1ccccc1. The first-order valence-corrected chi connectivity index (χ1v) is 4.74. The highest BCUT2D eigenvalue weighted by Crippen LogP contribution is 2.13. The molecule has 70 valence electrons. The summed E-state index contributed by atoms with van der Waals surface area (Å²) in [5, 5.41) is 9.66. The monoisotopic (exact) mass is 176 g/mol. The van der Waals surface area contributed by atoms with E-state index in [0.29, 0.717) is 0 Å². The van der Waals surface area contributed by atoms with Crippen LogP contribution >= 0.6 is 0 Å². The molecule has 0 aliphatic heterocycles. The number of allylic oxidation sites excluding steroid dienone is 1. The molecule has 1 unspecified atom stereocenters. The third-order valence-corrected chi connectivity index (χ3v) is 1.91. The van der Waals surface area contributed by atoms with Crippen molar-refractivity contribution in [2.45, 2.75) is 25.9 Å². The van der Waals surface area contributed by atoms with E-state index in [1.165, 1.54) is 0 Å². The molecule has 0 spiro atoms. The van der Waals surface area contributed by atoms with Crippen LogP contribution in [0.15, 0.2) is 42.5 Å². The van der Waals surface area contributed by atoms with Gasteiger partial charge in [0, 0.05) is 0 Å². The summed E-state index contributed by atoms with van der Waals surface area (Å²) in [6, 6.07) is 9.69. The zero-order chi connectivity index (χ0) is 9.52. The van der Waals surface area contributed by atoms with Crippen molar-refractivity contribution in [2.24, 2.45) is 0 Å². The third-order valence-electron chi connectivity index (χ3n) is 1.91. The van der Waals surface area contributed by atoms with E-state index in [4.69, 9.17) is 0 Å². The summed E-state index contributed by atoms with van der Waals surface area (Å²) in [7, 11) is 0. The van der Waals surface area contributed by atoms with Gasteiger partial charge in [-0.3, -0.25) is 0 Å². The number of hydrogen-bond donors (Lipinski definition) is 1. The lowest BCUT2D eigenvalue weighted by Crippen LogP contribution is -1.91. The normalized spacial score (nSPS) is 13.4. The summed E-state index contributed by atoms with van der Waals surface area (Å²) in [6.45, 7) is 2.12. The number of unbranched alkanes of at least 4 members (excludes halogenated alkanes) is 1. The zero-order valence-electron chi connectivity index (χ0n) is 7.98. The van der Waals surface area contributed by atoms with Gasteiger partial charge in [0.2, 0.25) is 0 Å². The van der Waals surface area contributed by atoms with E-state index >= 15 is 0 Å². The van der Waals surface area contributed by atoms with Crippen molar-refractivity contribution in [1.82, 2.24) is 0 Å². The summed E-state index contributed by atoms with van der Waals surface area (Å²) in [5.41, 5.74) is 0.954. The van der Waals surface area contributed by atoms with Crippen LogP contribution in [0.1, 0.15) is 31.4 Å². The summed E-state index contributed by atoms with van der Waals surface area (Å²) in [6.07, 6.45) is 5.58. The zero-order valence-corrected chi connectivity index (χ0v) is 7.98. The van der Waals surface area contributed by atoms with Gasteiger partial charge >= 0.3 is 0 Å². The van der Waals surface area contributed by atoms with Crippen molar-refractivity contribution in [2.75, 3.05) is 0 Å². The average Bonchev–Trinajstić information content (AvgIpc) is 2.19. The molecule has 0 saturated heterocycles. The van der Waals surface area contributed by atoms with E-state index in [2.05, 4.69) is 6.92 Å². The van der Waals surface area contributed by atoms with Crippen molar-refractivity contribution in [3.8, 4) is 0 Å². The Kier molecular flexibility index (Phi) is 4.27. The minimum atomic E-state index is -0.451. The number of benzene rings is 1. The highest BCUT2D eigenvalue weighted by Gasteiger charge is 1.99. The fourth-order valence-corrected chi connectivity index (χ4v) is 1.15. The highest BCUT2D eigenvalue weighted by molar-refractivity contribution is 5.20. The molecule has 0 aliphatic carbocycles. The fraction of sp³-hybridized carbons (Fsp3) is 0.333. The van der Waals surface area contributed by atoms with Gasteiger partial charge in [-0.15, -0.1) is 0 Å². The molecular weight excluding hydrogens is 160 g/mol. The van der Waals surface area contributed by atoms with Crippen LogP contribution in [0.2, 0.25) is 0 Å². The molecule has 1 N–H and O–H groups in total. The first-order chi connectivity index (χ1) is 6.34. The smallest absolute Gasteiger partial charge is 0.0971 e. The second-order valence-electron chi connectivity index (χ2n) is 3.07. The molecule has 0 aromatic heterocycles. The lowest BCUT2D eigenvalue weighted by atomic mass is 10.1. The number of rotatable bonds is 4. The van der Waals surface area contributed by atoms with Crippen molar-refractivity contribution >= 4 is 0 Å². The molecule has 0 radical (unpaired) electrons. The van der Waals surface area contributed by atoms with Crippen molar-refractivity contribution in [3.05, 3.63) is 48.0 Å². The molecule has 1 heteroatoms. The maximum atomic E-state index is 9.66. The summed E-state index contributed by atoms with van der Waals surface area (Å²) in [5.74, 6) is 0. The Labute approximate surface area is 79.7 Å². The molecule has 1 rings (SSSR count).